The van der Waals surface area contributed by atoms with Crippen LogP contribution in [0.4, 0.5) is 4.79 Å². The molecule has 0 aromatic heterocycles. The number of carbonyl (C=O) groups excluding carboxylic acids is 1. The predicted octanol–water partition coefficient (Wildman–Crippen LogP) is 1.77. The largest absolute Gasteiger partial charge is 0.486 e. The Hall–Kier alpha value is -1.99. The second-order valence-electron chi connectivity index (χ2n) is 7.60. The zero-order valence-corrected chi connectivity index (χ0v) is 15.7. The number of hydrogen-bond donors (Lipinski definition) is 2. The Balaban J connectivity index is 1.23. The van der Waals surface area contributed by atoms with Gasteiger partial charge in [0, 0.05) is 38.4 Å². The molecule has 2 saturated heterocycles. The lowest BCUT2D eigenvalue weighted by Gasteiger charge is -2.36. The first-order chi connectivity index (χ1) is 13.3. The second-order valence-corrected chi connectivity index (χ2v) is 7.60. The van der Waals surface area contributed by atoms with Gasteiger partial charge in [0.15, 0.2) is 11.5 Å². The van der Waals surface area contributed by atoms with E-state index in [2.05, 4.69) is 15.5 Å². The molecular formula is C20H29N3O4. The van der Waals surface area contributed by atoms with Crippen molar-refractivity contribution in [1.29, 1.82) is 0 Å². The molecule has 0 unspecified atom stereocenters. The van der Waals surface area contributed by atoms with Gasteiger partial charge in [-0.2, -0.15) is 0 Å². The fourth-order valence-electron chi connectivity index (χ4n) is 4.03. The molecule has 2 atom stereocenters. The Labute approximate surface area is 160 Å². The fraction of sp³-hybridized carbons (Fsp3) is 0.650. The van der Waals surface area contributed by atoms with E-state index >= 15 is 0 Å². The topological polar surface area (TPSA) is 72.1 Å². The highest BCUT2D eigenvalue weighted by Crippen LogP contribution is 2.31. The Morgan fingerprint density at radius 1 is 1.07 bits per heavy atom. The molecule has 4 rings (SSSR count). The zero-order chi connectivity index (χ0) is 18.5. The molecule has 7 nitrogen and oxygen atoms in total. The van der Waals surface area contributed by atoms with E-state index in [1.807, 2.05) is 24.3 Å². The van der Waals surface area contributed by atoms with Crippen LogP contribution in [0, 0.1) is 0 Å². The number of carbonyl (C=O) groups is 1. The van der Waals surface area contributed by atoms with E-state index in [0.717, 1.165) is 70.0 Å². The van der Waals surface area contributed by atoms with Crippen LogP contribution in [0.5, 0.6) is 11.5 Å². The van der Waals surface area contributed by atoms with Crippen LogP contribution in [-0.4, -0.2) is 68.6 Å². The van der Waals surface area contributed by atoms with E-state index in [0.29, 0.717) is 6.61 Å². The third-order valence-corrected chi connectivity index (χ3v) is 5.43. The van der Waals surface area contributed by atoms with Gasteiger partial charge in [0.05, 0.1) is 0 Å². The molecule has 3 aliphatic rings. The molecular weight excluding hydrogens is 346 g/mol. The van der Waals surface area contributed by atoms with Crippen LogP contribution in [0.25, 0.3) is 0 Å². The van der Waals surface area contributed by atoms with Crippen molar-refractivity contribution >= 4 is 6.03 Å². The average Bonchev–Trinajstić information content (AvgIpc) is 2.69. The molecule has 0 saturated carbocycles. The molecule has 7 heteroatoms. The summed E-state index contributed by atoms with van der Waals surface area (Å²) in [5, 5.41) is 6.22. The number of fused-ring (bicyclic) bond motifs is 1. The SMILES string of the molecule is O=C(NC1CCOCC1)N[C@H]1CCCN(C[C@H]2COc3ccccc3O2)C1. The van der Waals surface area contributed by atoms with Gasteiger partial charge in [-0.1, -0.05) is 12.1 Å². The summed E-state index contributed by atoms with van der Waals surface area (Å²) in [5.74, 6) is 1.63. The van der Waals surface area contributed by atoms with E-state index in [-0.39, 0.29) is 24.2 Å². The highest BCUT2D eigenvalue weighted by molar-refractivity contribution is 5.74. The number of urea groups is 1. The van der Waals surface area contributed by atoms with Gasteiger partial charge in [0.2, 0.25) is 0 Å². The van der Waals surface area contributed by atoms with E-state index in [1.165, 1.54) is 0 Å². The number of nitrogens with zero attached hydrogens (tertiary/aromatic N) is 1. The fourth-order valence-corrected chi connectivity index (χ4v) is 4.03. The van der Waals surface area contributed by atoms with Crippen molar-refractivity contribution in [2.24, 2.45) is 0 Å². The van der Waals surface area contributed by atoms with Crippen LogP contribution in [0.3, 0.4) is 0 Å². The number of amides is 2. The lowest BCUT2D eigenvalue weighted by atomic mass is 10.1. The first kappa shape index (κ1) is 18.4. The van der Waals surface area contributed by atoms with E-state index in [4.69, 9.17) is 14.2 Å². The monoisotopic (exact) mass is 375 g/mol. The Morgan fingerprint density at radius 2 is 1.85 bits per heavy atom. The van der Waals surface area contributed by atoms with Crippen LogP contribution in [-0.2, 0) is 4.74 Å². The molecule has 0 spiro atoms. The number of rotatable bonds is 4. The van der Waals surface area contributed by atoms with Crippen LogP contribution < -0.4 is 20.1 Å². The lowest BCUT2D eigenvalue weighted by Crippen LogP contribution is -2.54. The van der Waals surface area contributed by atoms with Gasteiger partial charge in [-0.3, -0.25) is 4.90 Å². The minimum absolute atomic E-state index is 0.0229. The lowest BCUT2D eigenvalue weighted by molar-refractivity contribution is 0.0491. The summed E-state index contributed by atoms with van der Waals surface area (Å²) < 4.78 is 17.2. The minimum atomic E-state index is -0.0556. The third-order valence-electron chi connectivity index (χ3n) is 5.43. The zero-order valence-electron chi connectivity index (χ0n) is 15.7. The summed E-state index contributed by atoms with van der Waals surface area (Å²) in [5.41, 5.74) is 0. The van der Waals surface area contributed by atoms with E-state index < -0.39 is 0 Å². The van der Waals surface area contributed by atoms with E-state index in [1.54, 1.807) is 0 Å². The van der Waals surface area contributed by atoms with Crippen LogP contribution in [0.1, 0.15) is 25.7 Å². The Bertz CT molecular complexity index is 635. The summed E-state index contributed by atoms with van der Waals surface area (Å²) in [6.45, 7) is 4.72. The number of nitrogens with one attached hydrogen (secondary N) is 2. The summed E-state index contributed by atoms with van der Waals surface area (Å²) >= 11 is 0. The molecule has 1 aromatic rings. The average molecular weight is 375 g/mol. The molecule has 2 N–H and O–H groups in total. The summed E-state index contributed by atoms with van der Waals surface area (Å²) in [6.07, 6.45) is 3.90. The molecule has 2 amide bonds. The van der Waals surface area contributed by atoms with Gasteiger partial charge in [-0.15, -0.1) is 0 Å². The molecule has 2 fully saturated rings. The normalized spacial score (nSPS) is 26.4. The van der Waals surface area contributed by atoms with Crippen molar-refractivity contribution in [2.75, 3.05) is 39.5 Å². The van der Waals surface area contributed by atoms with Crippen molar-refractivity contribution in [3.8, 4) is 11.5 Å². The first-order valence-corrected chi connectivity index (χ1v) is 10.0. The first-order valence-electron chi connectivity index (χ1n) is 10.0. The highest BCUT2D eigenvalue weighted by atomic mass is 16.6. The van der Waals surface area contributed by atoms with Crippen LogP contribution in [0.15, 0.2) is 24.3 Å². The third kappa shape index (κ3) is 5.05. The molecule has 0 aliphatic carbocycles. The Morgan fingerprint density at radius 3 is 2.70 bits per heavy atom. The van der Waals surface area contributed by atoms with Gasteiger partial charge < -0.3 is 24.8 Å². The number of benzene rings is 1. The van der Waals surface area contributed by atoms with Gasteiger partial charge in [0.25, 0.3) is 0 Å². The number of piperidine rings is 1. The second kappa shape index (κ2) is 8.80. The molecule has 0 bridgehead atoms. The maximum absolute atomic E-state index is 12.3. The Kier molecular flexibility index (Phi) is 5.99. The van der Waals surface area contributed by atoms with E-state index in [9.17, 15) is 4.79 Å². The number of ether oxygens (including phenoxy) is 3. The van der Waals surface area contributed by atoms with Crippen molar-refractivity contribution in [1.82, 2.24) is 15.5 Å². The van der Waals surface area contributed by atoms with Crippen molar-refractivity contribution < 1.29 is 19.0 Å². The molecule has 27 heavy (non-hydrogen) atoms. The summed E-state index contributed by atoms with van der Waals surface area (Å²) in [7, 11) is 0. The molecule has 3 aliphatic heterocycles. The molecule has 148 valence electrons. The number of para-hydroxylation sites is 2. The van der Waals surface area contributed by atoms with Gasteiger partial charge in [-0.25, -0.2) is 4.79 Å². The maximum atomic E-state index is 12.3. The smallest absolute Gasteiger partial charge is 0.315 e. The van der Waals surface area contributed by atoms with Gasteiger partial charge >= 0.3 is 6.03 Å². The van der Waals surface area contributed by atoms with Crippen molar-refractivity contribution in [3.63, 3.8) is 0 Å². The molecule has 3 heterocycles. The summed E-state index contributed by atoms with van der Waals surface area (Å²) in [6, 6.07) is 8.14. The van der Waals surface area contributed by atoms with Crippen molar-refractivity contribution in [3.05, 3.63) is 24.3 Å². The van der Waals surface area contributed by atoms with Gasteiger partial charge in [0.1, 0.15) is 12.7 Å². The standard InChI is InChI=1S/C20H29N3O4/c24-20(21-15-7-10-25-11-8-15)22-16-4-3-9-23(12-16)13-17-14-26-18-5-1-2-6-19(18)27-17/h1-2,5-6,15-17H,3-4,7-14H2,(H2,21,22,24)/t16-,17-/m0/s1. The minimum Gasteiger partial charge on any atom is -0.486 e. The van der Waals surface area contributed by atoms with Crippen LogP contribution in [0.2, 0.25) is 0 Å². The van der Waals surface area contributed by atoms with Crippen LogP contribution >= 0.6 is 0 Å². The van der Waals surface area contributed by atoms with Crippen molar-refractivity contribution in [2.45, 2.75) is 43.9 Å². The predicted molar refractivity (Wildman–Crippen MR) is 101 cm³/mol. The number of likely N-dealkylation sites (tertiary alicyclic amines) is 1. The molecule has 0 radical (unpaired) electrons. The maximum Gasteiger partial charge on any atom is 0.315 e. The van der Waals surface area contributed by atoms with Gasteiger partial charge in [-0.05, 0) is 44.4 Å². The molecule has 1 aromatic carbocycles. The number of hydrogen-bond acceptors (Lipinski definition) is 5. The summed E-state index contributed by atoms with van der Waals surface area (Å²) in [4.78, 5) is 14.7. The quantitative estimate of drug-likeness (QED) is 0.839. The highest BCUT2D eigenvalue weighted by Gasteiger charge is 2.27.